The van der Waals surface area contributed by atoms with Crippen LogP contribution in [0.5, 0.6) is 11.5 Å². The van der Waals surface area contributed by atoms with Gasteiger partial charge in [-0.05, 0) is 111 Å². The Hall–Kier alpha value is -1.71. The normalized spacial score (nSPS) is 26.2. The monoisotopic (exact) mass is 710 g/mol. The van der Waals surface area contributed by atoms with Gasteiger partial charge in [0.1, 0.15) is 15.8 Å². The lowest BCUT2D eigenvalue weighted by atomic mass is 9.42. The van der Waals surface area contributed by atoms with Crippen molar-refractivity contribution < 1.29 is 14.3 Å². The molecule has 0 aliphatic heterocycles. The average Bonchev–Trinajstić information content (AvgIpc) is 3.14. The number of Topliss-reactive ketones (excluding diaryl/α,β-unsaturated/α-hetero) is 1. The van der Waals surface area contributed by atoms with Gasteiger partial charge in [0.05, 0.1) is 24.0 Å². The number of hydrogen-bond donors (Lipinski definition) is 0. The molecule has 272 valence electrons. The molecular formula is C44H64Cl2O3. The maximum Gasteiger partial charge on any atom is 0.151 e. The van der Waals surface area contributed by atoms with Crippen LogP contribution in [0, 0.1) is 10.8 Å². The number of halogens is 2. The summed E-state index contributed by atoms with van der Waals surface area (Å²) in [6.45, 7) is 6.10. The van der Waals surface area contributed by atoms with Crippen LogP contribution in [0.15, 0.2) is 48.5 Å². The van der Waals surface area contributed by atoms with E-state index in [4.69, 9.17) is 32.7 Å². The van der Waals surface area contributed by atoms with Crippen LogP contribution in [0.1, 0.15) is 178 Å². The molecule has 49 heavy (non-hydrogen) atoms. The molecule has 0 heterocycles. The molecule has 3 aliphatic rings. The van der Waals surface area contributed by atoms with Gasteiger partial charge in [-0.1, -0.05) is 138 Å². The Morgan fingerprint density at radius 3 is 1.18 bits per heavy atom. The summed E-state index contributed by atoms with van der Waals surface area (Å²) in [6.07, 6.45) is 25.0. The smallest absolute Gasteiger partial charge is 0.151 e. The fourth-order valence-corrected chi connectivity index (χ4v) is 10.4. The molecule has 0 atom stereocenters. The van der Waals surface area contributed by atoms with Crippen LogP contribution in [0.4, 0.5) is 0 Å². The number of hydrogen-bond acceptors (Lipinski definition) is 3. The maximum atomic E-state index is 14.1. The maximum absolute atomic E-state index is 14.1. The summed E-state index contributed by atoms with van der Waals surface area (Å²) in [5.74, 6) is 3.14. The number of benzene rings is 2. The predicted octanol–water partition coefficient (Wildman–Crippen LogP) is 13.7. The van der Waals surface area contributed by atoms with Gasteiger partial charge in [0.2, 0.25) is 0 Å². The van der Waals surface area contributed by atoms with Gasteiger partial charge in [0, 0.05) is 0 Å². The van der Waals surface area contributed by atoms with Gasteiger partial charge >= 0.3 is 0 Å². The van der Waals surface area contributed by atoms with E-state index in [1.807, 2.05) is 0 Å². The second-order valence-electron chi connectivity index (χ2n) is 15.7. The Kier molecular flexibility index (Phi) is 14.7. The fraction of sp³-hybridized carbons (Fsp3) is 0.705. The summed E-state index contributed by atoms with van der Waals surface area (Å²) in [4.78, 5) is 14.1. The largest absolute Gasteiger partial charge is 0.494 e. The molecule has 0 bridgehead atoms. The SMILES string of the molecule is CCCCCCCCCOc1ccc(C2CCC3(CC2)C(=O)C2(CCC(c4ccc(OCCCCCCCCC)cc4)CC2)C3(Cl)Cl)cc1. The van der Waals surface area contributed by atoms with Crippen LogP contribution >= 0.6 is 23.2 Å². The third-order valence-electron chi connectivity index (χ3n) is 12.5. The Bertz CT molecular complexity index is 1160. The number of alkyl halides is 2. The first-order valence-corrected chi connectivity index (χ1v) is 21.0. The first kappa shape index (κ1) is 38.5. The van der Waals surface area contributed by atoms with E-state index in [0.29, 0.717) is 17.6 Å². The van der Waals surface area contributed by atoms with Crippen molar-refractivity contribution >= 4 is 29.0 Å². The van der Waals surface area contributed by atoms with Crippen molar-refractivity contribution in [3.8, 4) is 11.5 Å². The van der Waals surface area contributed by atoms with Crippen LogP contribution in [0.3, 0.4) is 0 Å². The molecule has 0 aromatic heterocycles. The second-order valence-corrected chi connectivity index (χ2v) is 17.0. The molecule has 0 N–H and O–H groups in total. The highest BCUT2D eigenvalue weighted by molar-refractivity contribution is 6.55. The highest BCUT2D eigenvalue weighted by atomic mass is 35.5. The summed E-state index contributed by atoms with van der Waals surface area (Å²) in [5, 5.41) is 0. The van der Waals surface area contributed by atoms with E-state index in [2.05, 4.69) is 62.4 Å². The van der Waals surface area contributed by atoms with E-state index in [-0.39, 0.29) is 0 Å². The number of ketones is 1. The number of rotatable bonds is 20. The molecule has 0 unspecified atom stereocenters. The van der Waals surface area contributed by atoms with Crippen molar-refractivity contribution in [3.63, 3.8) is 0 Å². The molecule has 3 nitrogen and oxygen atoms in total. The Morgan fingerprint density at radius 1 is 0.531 bits per heavy atom. The lowest BCUT2D eigenvalue weighted by Gasteiger charge is -2.67. The third-order valence-corrected chi connectivity index (χ3v) is 13.9. The van der Waals surface area contributed by atoms with Gasteiger partial charge in [0.25, 0.3) is 0 Å². The summed E-state index contributed by atoms with van der Waals surface area (Å²) in [7, 11) is 0. The lowest BCUT2D eigenvalue weighted by molar-refractivity contribution is -0.170. The summed E-state index contributed by atoms with van der Waals surface area (Å²) >= 11 is 14.6. The van der Waals surface area contributed by atoms with E-state index in [1.54, 1.807) is 0 Å². The Morgan fingerprint density at radius 2 is 0.857 bits per heavy atom. The van der Waals surface area contributed by atoms with E-state index in [9.17, 15) is 4.79 Å². The molecule has 2 aromatic rings. The number of carbonyl (C=O) groups is 1. The molecular weight excluding hydrogens is 647 g/mol. The van der Waals surface area contributed by atoms with Crippen LogP contribution in [-0.2, 0) is 4.79 Å². The summed E-state index contributed by atoms with van der Waals surface area (Å²) in [5.41, 5.74) is 1.49. The lowest BCUT2D eigenvalue weighted by Crippen LogP contribution is -2.74. The second kappa shape index (κ2) is 18.7. The minimum Gasteiger partial charge on any atom is -0.494 e. The highest BCUT2D eigenvalue weighted by Crippen LogP contribution is 2.75. The quantitative estimate of drug-likeness (QED) is 0.101. The van der Waals surface area contributed by atoms with Gasteiger partial charge < -0.3 is 9.47 Å². The molecule has 3 saturated carbocycles. The molecule has 5 heteroatoms. The van der Waals surface area contributed by atoms with E-state index in [1.165, 1.54) is 88.2 Å². The zero-order valence-electron chi connectivity index (χ0n) is 30.7. The number of unbranched alkanes of at least 4 members (excludes halogenated alkanes) is 12. The van der Waals surface area contributed by atoms with E-state index >= 15 is 0 Å². The zero-order valence-corrected chi connectivity index (χ0v) is 32.2. The van der Waals surface area contributed by atoms with Crippen LogP contribution in [0.25, 0.3) is 0 Å². The molecule has 5 rings (SSSR count). The summed E-state index contributed by atoms with van der Waals surface area (Å²) in [6, 6.07) is 17.4. The van der Waals surface area contributed by atoms with Crippen molar-refractivity contribution in [2.24, 2.45) is 10.8 Å². The molecule has 0 radical (unpaired) electrons. The molecule has 3 fully saturated rings. The zero-order chi connectivity index (χ0) is 34.6. The molecule has 3 aliphatic carbocycles. The highest BCUT2D eigenvalue weighted by Gasteiger charge is 2.79. The first-order chi connectivity index (χ1) is 23.9. The van der Waals surface area contributed by atoms with Crippen molar-refractivity contribution in [3.05, 3.63) is 59.7 Å². The van der Waals surface area contributed by atoms with Gasteiger partial charge in [0.15, 0.2) is 5.78 Å². The number of ether oxygens (including phenoxy) is 2. The minimum atomic E-state index is -0.978. The topological polar surface area (TPSA) is 35.5 Å². The van der Waals surface area contributed by atoms with E-state index < -0.39 is 15.2 Å². The predicted molar refractivity (Wildman–Crippen MR) is 207 cm³/mol. The molecule has 0 saturated heterocycles. The Balaban J connectivity index is 1.03. The molecule has 2 spiro atoms. The van der Waals surface area contributed by atoms with Gasteiger partial charge in [-0.15, -0.1) is 0 Å². The van der Waals surface area contributed by atoms with Crippen molar-refractivity contribution in [2.75, 3.05) is 13.2 Å². The fourth-order valence-electron chi connectivity index (χ4n) is 9.28. The summed E-state index contributed by atoms with van der Waals surface area (Å²) < 4.78 is 11.1. The minimum absolute atomic E-state index is 0.352. The van der Waals surface area contributed by atoms with Gasteiger partial charge in [-0.25, -0.2) is 0 Å². The van der Waals surface area contributed by atoms with Crippen LogP contribution in [-0.4, -0.2) is 23.3 Å². The third kappa shape index (κ3) is 9.03. The van der Waals surface area contributed by atoms with Gasteiger partial charge in [-0.3, -0.25) is 4.79 Å². The number of carbonyl (C=O) groups excluding carboxylic acids is 1. The molecule has 2 aromatic carbocycles. The Labute approximate surface area is 308 Å². The molecule has 0 amide bonds. The van der Waals surface area contributed by atoms with Crippen molar-refractivity contribution in [2.45, 2.75) is 171 Å². The van der Waals surface area contributed by atoms with Crippen LogP contribution in [0.2, 0.25) is 0 Å². The van der Waals surface area contributed by atoms with E-state index in [0.717, 1.165) is 88.9 Å². The van der Waals surface area contributed by atoms with Gasteiger partial charge in [-0.2, -0.15) is 0 Å². The first-order valence-electron chi connectivity index (χ1n) is 20.2. The standard InChI is InChI=1S/C44H64Cl2O3/c1-3-5-7-9-11-13-15-33-48-39-21-17-35(18-22-39)37-25-29-42(30-26-37)41(47)43(44(42,45)46)31-27-38(28-32-43)36-19-23-40(24-20-36)49-34-16-14-12-10-8-6-4-2/h17-24,37-38H,3-16,25-34H2,1-2H3. The van der Waals surface area contributed by atoms with Crippen molar-refractivity contribution in [1.29, 1.82) is 0 Å². The average molecular weight is 712 g/mol. The van der Waals surface area contributed by atoms with Crippen molar-refractivity contribution in [1.82, 2.24) is 0 Å². The van der Waals surface area contributed by atoms with Crippen LogP contribution < -0.4 is 9.47 Å².